The van der Waals surface area contributed by atoms with E-state index in [1.165, 1.54) is 22.8 Å². The molecule has 2 aromatic heterocycles. The fourth-order valence-corrected chi connectivity index (χ4v) is 3.87. The van der Waals surface area contributed by atoms with Crippen molar-refractivity contribution in [3.63, 3.8) is 0 Å². The van der Waals surface area contributed by atoms with E-state index in [0.29, 0.717) is 36.2 Å². The van der Waals surface area contributed by atoms with E-state index < -0.39 is 11.6 Å². The molecule has 0 aliphatic carbocycles. The summed E-state index contributed by atoms with van der Waals surface area (Å²) in [6.45, 7) is 3.11. The van der Waals surface area contributed by atoms with Crippen LogP contribution < -0.4 is 15.2 Å². The Hall–Kier alpha value is -3.47. The zero-order valence-electron chi connectivity index (χ0n) is 16.6. The SMILES string of the molecule is CC1CN(c2cc(=O)n(C)c3ccc(C#N)nc23)CCC1Oc1ccc(F)cc1F. The summed E-state index contributed by atoms with van der Waals surface area (Å²) in [5, 5.41) is 9.21. The van der Waals surface area contributed by atoms with Crippen LogP contribution in [-0.2, 0) is 7.05 Å². The second-order valence-electron chi connectivity index (χ2n) is 7.55. The minimum Gasteiger partial charge on any atom is -0.487 e. The first-order valence-electron chi connectivity index (χ1n) is 9.65. The van der Waals surface area contributed by atoms with Crippen LogP contribution in [0, 0.1) is 28.9 Å². The minimum atomic E-state index is -0.726. The minimum absolute atomic E-state index is 0.0152. The van der Waals surface area contributed by atoms with E-state index in [-0.39, 0.29) is 29.0 Å². The van der Waals surface area contributed by atoms with Crippen molar-refractivity contribution in [3.8, 4) is 11.8 Å². The van der Waals surface area contributed by atoms with Gasteiger partial charge in [0.25, 0.3) is 5.56 Å². The van der Waals surface area contributed by atoms with Gasteiger partial charge < -0.3 is 14.2 Å². The Kier molecular flexibility index (Phi) is 5.12. The molecule has 0 amide bonds. The number of hydrogen-bond donors (Lipinski definition) is 0. The van der Waals surface area contributed by atoms with Crippen LogP contribution in [0.4, 0.5) is 14.5 Å². The van der Waals surface area contributed by atoms with Crippen molar-refractivity contribution in [2.24, 2.45) is 13.0 Å². The second kappa shape index (κ2) is 7.75. The van der Waals surface area contributed by atoms with Crippen LogP contribution in [0.5, 0.6) is 5.75 Å². The van der Waals surface area contributed by atoms with Crippen molar-refractivity contribution < 1.29 is 13.5 Å². The summed E-state index contributed by atoms with van der Waals surface area (Å²) in [6.07, 6.45) is 0.341. The number of pyridine rings is 2. The average molecular weight is 410 g/mol. The number of aromatic nitrogens is 2. The van der Waals surface area contributed by atoms with E-state index in [9.17, 15) is 18.8 Å². The highest BCUT2D eigenvalue weighted by molar-refractivity contribution is 5.88. The van der Waals surface area contributed by atoms with E-state index in [1.807, 2.05) is 17.9 Å². The Bertz CT molecular complexity index is 1220. The van der Waals surface area contributed by atoms with Gasteiger partial charge in [-0.3, -0.25) is 4.79 Å². The molecular formula is C22H20F2N4O2. The summed E-state index contributed by atoms with van der Waals surface area (Å²) in [6, 6.07) is 10.2. The van der Waals surface area contributed by atoms with Gasteiger partial charge in [0, 0.05) is 44.6 Å². The number of nitrogens with zero attached hydrogens (tertiary/aromatic N) is 4. The molecule has 1 aliphatic rings. The maximum atomic E-state index is 14.0. The average Bonchev–Trinajstić information content (AvgIpc) is 2.73. The monoisotopic (exact) mass is 410 g/mol. The van der Waals surface area contributed by atoms with Crippen LogP contribution in [0.1, 0.15) is 19.0 Å². The van der Waals surface area contributed by atoms with Gasteiger partial charge >= 0.3 is 0 Å². The van der Waals surface area contributed by atoms with Crippen molar-refractivity contribution in [2.75, 3.05) is 18.0 Å². The second-order valence-corrected chi connectivity index (χ2v) is 7.55. The molecule has 0 N–H and O–H groups in total. The first kappa shape index (κ1) is 19.8. The third-order valence-electron chi connectivity index (χ3n) is 5.52. The van der Waals surface area contributed by atoms with Gasteiger partial charge in [0.1, 0.15) is 29.2 Å². The van der Waals surface area contributed by atoms with E-state index in [2.05, 4.69) is 4.98 Å². The molecule has 0 spiro atoms. The third kappa shape index (κ3) is 3.59. The van der Waals surface area contributed by atoms with E-state index in [1.54, 1.807) is 19.2 Å². The molecule has 0 radical (unpaired) electrons. The largest absolute Gasteiger partial charge is 0.487 e. The van der Waals surface area contributed by atoms with Gasteiger partial charge in [-0.15, -0.1) is 0 Å². The smallest absolute Gasteiger partial charge is 0.252 e. The number of halogens is 2. The normalized spacial score (nSPS) is 19.0. The molecule has 1 saturated heterocycles. The van der Waals surface area contributed by atoms with Crippen molar-refractivity contribution in [2.45, 2.75) is 19.4 Å². The number of benzene rings is 1. The zero-order chi connectivity index (χ0) is 21.4. The van der Waals surface area contributed by atoms with Crippen LogP contribution in [0.3, 0.4) is 0 Å². The highest BCUT2D eigenvalue weighted by atomic mass is 19.1. The molecule has 1 aromatic carbocycles. The van der Waals surface area contributed by atoms with Crippen molar-refractivity contribution in [1.82, 2.24) is 9.55 Å². The van der Waals surface area contributed by atoms with Gasteiger partial charge in [0.05, 0.1) is 11.2 Å². The molecule has 6 nitrogen and oxygen atoms in total. The molecule has 2 unspecified atom stereocenters. The molecule has 0 saturated carbocycles. The number of fused-ring (bicyclic) bond motifs is 1. The summed E-state index contributed by atoms with van der Waals surface area (Å²) < 4.78 is 34.4. The molecule has 4 rings (SSSR count). The first-order chi connectivity index (χ1) is 14.4. The van der Waals surface area contributed by atoms with Gasteiger partial charge in [-0.2, -0.15) is 5.26 Å². The fraction of sp³-hybridized carbons (Fsp3) is 0.318. The topological polar surface area (TPSA) is 71.2 Å². The molecule has 154 valence electrons. The van der Waals surface area contributed by atoms with Crippen molar-refractivity contribution in [1.29, 1.82) is 5.26 Å². The number of aryl methyl sites for hydroxylation is 1. The van der Waals surface area contributed by atoms with Gasteiger partial charge in [-0.25, -0.2) is 13.8 Å². The molecule has 8 heteroatoms. The van der Waals surface area contributed by atoms with E-state index in [0.717, 1.165) is 6.07 Å². The Labute approximate surface area is 171 Å². The maximum Gasteiger partial charge on any atom is 0.252 e. The molecule has 1 aliphatic heterocycles. The number of ether oxygens (including phenoxy) is 1. The summed E-state index contributed by atoms with van der Waals surface area (Å²) in [5.41, 5.74) is 2.02. The quantitative estimate of drug-likeness (QED) is 0.662. The molecule has 2 atom stereocenters. The predicted octanol–water partition coefficient (Wildman–Crippen LogP) is 3.38. The number of anilines is 1. The van der Waals surface area contributed by atoms with Crippen molar-refractivity contribution in [3.05, 3.63) is 64.1 Å². The Morgan fingerprint density at radius 1 is 1.23 bits per heavy atom. The highest BCUT2D eigenvalue weighted by Gasteiger charge is 2.30. The van der Waals surface area contributed by atoms with E-state index in [4.69, 9.17) is 4.74 Å². The number of nitriles is 1. The lowest BCUT2D eigenvalue weighted by molar-refractivity contribution is 0.116. The maximum absolute atomic E-state index is 14.0. The van der Waals surface area contributed by atoms with Crippen molar-refractivity contribution >= 4 is 16.7 Å². The van der Waals surface area contributed by atoms with Crippen LogP contribution in [-0.4, -0.2) is 28.7 Å². The third-order valence-corrected chi connectivity index (χ3v) is 5.52. The predicted molar refractivity (Wildman–Crippen MR) is 108 cm³/mol. The number of piperidine rings is 1. The van der Waals surface area contributed by atoms with Crippen LogP contribution >= 0.6 is 0 Å². The Balaban J connectivity index is 1.61. The lowest BCUT2D eigenvalue weighted by Crippen LogP contribution is -2.45. The standard InChI is InChI=1S/C22H20F2N4O2/c1-13-12-28(8-7-19(13)30-20-6-3-14(23)9-16(20)24)18-10-21(29)27(2)17-5-4-15(11-25)26-22(17)18/h3-6,9-10,13,19H,7-8,12H2,1-2H3. The van der Waals surface area contributed by atoms with Crippen LogP contribution in [0.15, 0.2) is 41.2 Å². The summed E-state index contributed by atoms with van der Waals surface area (Å²) >= 11 is 0. The summed E-state index contributed by atoms with van der Waals surface area (Å²) in [5.74, 6) is -1.33. The Morgan fingerprint density at radius 3 is 2.73 bits per heavy atom. The van der Waals surface area contributed by atoms with Gasteiger partial charge in [-0.05, 0) is 24.3 Å². The van der Waals surface area contributed by atoms with E-state index >= 15 is 0 Å². The summed E-state index contributed by atoms with van der Waals surface area (Å²) in [4.78, 5) is 18.9. The fourth-order valence-electron chi connectivity index (χ4n) is 3.87. The molecule has 3 aromatic rings. The molecule has 3 heterocycles. The highest BCUT2D eigenvalue weighted by Crippen LogP contribution is 2.30. The number of hydrogen-bond acceptors (Lipinski definition) is 5. The number of rotatable bonds is 3. The first-order valence-corrected chi connectivity index (χ1v) is 9.65. The van der Waals surface area contributed by atoms with Crippen LogP contribution in [0.25, 0.3) is 11.0 Å². The van der Waals surface area contributed by atoms with Crippen LogP contribution in [0.2, 0.25) is 0 Å². The molecule has 30 heavy (non-hydrogen) atoms. The molecule has 0 bridgehead atoms. The van der Waals surface area contributed by atoms with Gasteiger partial charge in [0.15, 0.2) is 11.6 Å². The lowest BCUT2D eigenvalue weighted by Gasteiger charge is -2.38. The van der Waals surface area contributed by atoms with Gasteiger partial charge in [0.2, 0.25) is 0 Å². The Morgan fingerprint density at radius 2 is 2.03 bits per heavy atom. The zero-order valence-corrected chi connectivity index (χ0v) is 16.6. The lowest BCUT2D eigenvalue weighted by atomic mass is 9.95. The molecular weight excluding hydrogens is 390 g/mol. The summed E-state index contributed by atoms with van der Waals surface area (Å²) in [7, 11) is 1.67. The van der Waals surface area contributed by atoms with Gasteiger partial charge in [-0.1, -0.05) is 6.92 Å². The molecule has 1 fully saturated rings.